The number of carbonyl (C=O) groups is 1. The van der Waals surface area contributed by atoms with Gasteiger partial charge >= 0.3 is 0 Å². The standard InChI is InChI=1S/C9H15NO/c1-3-7(2)9(11)8-5-4-6-10-8/h3,8,10H,4-6H2,1-2H3/b7-3+. The maximum absolute atomic E-state index is 11.4. The Hall–Kier alpha value is -0.630. The molecule has 11 heavy (non-hydrogen) atoms. The summed E-state index contributed by atoms with van der Waals surface area (Å²) in [6, 6.07) is 0.103. The second-order valence-corrected chi connectivity index (χ2v) is 2.98. The van der Waals surface area contributed by atoms with Crippen LogP contribution in [0.1, 0.15) is 26.7 Å². The van der Waals surface area contributed by atoms with E-state index in [2.05, 4.69) is 5.32 Å². The van der Waals surface area contributed by atoms with Crippen molar-refractivity contribution in [3.63, 3.8) is 0 Å². The highest BCUT2D eigenvalue weighted by molar-refractivity contribution is 5.99. The predicted molar refractivity (Wildman–Crippen MR) is 45.5 cm³/mol. The van der Waals surface area contributed by atoms with Crippen LogP contribution in [0.4, 0.5) is 0 Å². The number of hydrogen-bond acceptors (Lipinski definition) is 2. The predicted octanol–water partition coefficient (Wildman–Crippen LogP) is 1.27. The SMILES string of the molecule is C/C=C(\C)C(=O)C1CCCN1. The summed E-state index contributed by atoms with van der Waals surface area (Å²) in [5.74, 6) is 0.269. The molecule has 0 radical (unpaired) electrons. The first-order chi connectivity index (χ1) is 5.25. The van der Waals surface area contributed by atoms with Gasteiger partial charge in [-0.3, -0.25) is 4.79 Å². The first-order valence-corrected chi connectivity index (χ1v) is 4.16. The lowest BCUT2D eigenvalue weighted by molar-refractivity contribution is -0.117. The van der Waals surface area contributed by atoms with Crippen LogP contribution in [0.15, 0.2) is 11.6 Å². The summed E-state index contributed by atoms with van der Waals surface area (Å²) in [7, 11) is 0. The molecule has 1 rings (SSSR count). The molecule has 1 saturated heterocycles. The van der Waals surface area contributed by atoms with Gasteiger partial charge in [0.05, 0.1) is 6.04 Å². The summed E-state index contributed by atoms with van der Waals surface area (Å²) in [5.41, 5.74) is 0.879. The number of allylic oxidation sites excluding steroid dienone is 1. The van der Waals surface area contributed by atoms with Crippen molar-refractivity contribution in [3.05, 3.63) is 11.6 Å². The highest BCUT2D eigenvalue weighted by Crippen LogP contribution is 2.10. The molecule has 62 valence electrons. The Morgan fingerprint density at radius 1 is 1.64 bits per heavy atom. The van der Waals surface area contributed by atoms with Gasteiger partial charge in [-0.1, -0.05) is 6.08 Å². The minimum absolute atomic E-state index is 0.103. The fourth-order valence-corrected chi connectivity index (χ4v) is 1.33. The van der Waals surface area contributed by atoms with Gasteiger partial charge < -0.3 is 5.32 Å². The molecule has 1 N–H and O–H groups in total. The third-order valence-electron chi connectivity index (χ3n) is 2.20. The van der Waals surface area contributed by atoms with Gasteiger partial charge in [0.2, 0.25) is 0 Å². The quantitative estimate of drug-likeness (QED) is 0.605. The van der Waals surface area contributed by atoms with Crippen LogP contribution < -0.4 is 5.32 Å². The van der Waals surface area contributed by atoms with E-state index in [0.29, 0.717) is 0 Å². The minimum atomic E-state index is 0.103. The maximum Gasteiger partial charge on any atom is 0.175 e. The van der Waals surface area contributed by atoms with Crippen LogP contribution in [-0.4, -0.2) is 18.4 Å². The zero-order valence-electron chi connectivity index (χ0n) is 7.18. The molecule has 1 aliphatic heterocycles. The average Bonchev–Trinajstić information content (AvgIpc) is 2.53. The van der Waals surface area contributed by atoms with Gasteiger partial charge in [0.1, 0.15) is 0 Å². The zero-order valence-corrected chi connectivity index (χ0v) is 7.18. The summed E-state index contributed by atoms with van der Waals surface area (Å²) < 4.78 is 0. The Morgan fingerprint density at radius 2 is 2.36 bits per heavy atom. The van der Waals surface area contributed by atoms with Crippen molar-refractivity contribution in [2.75, 3.05) is 6.54 Å². The largest absolute Gasteiger partial charge is 0.307 e. The maximum atomic E-state index is 11.4. The number of hydrogen-bond donors (Lipinski definition) is 1. The van der Waals surface area contributed by atoms with E-state index in [1.54, 1.807) is 0 Å². The Bertz CT molecular complexity index is 178. The molecular weight excluding hydrogens is 138 g/mol. The molecule has 0 aromatic carbocycles. The molecule has 0 bridgehead atoms. The molecule has 1 unspecified atom stereocenters. The van der Waals surface area contributed by atoms with E-state index < -0.39 is 0 Å². The summed E-state index contributed by atoms with van der Waals surface area (Å²) in [4.78, 5) is 11.4. The van der Waals surface area contributed by atoms with Gasteiger partial charge in [0.25, 0.3) is 0 Å². The van der Waals surface area contributed by atoms with Crippen molar-refractivity contribution < 1.29 is 4.79 Å². The Morgan fingerprint density at radius 3 is 2.82 bits per heavy atom. The fraction of sp³-hybridized carbons (Fsp3) is 0.667. The van der Waals surface area contributed by atoms with Crippen LogP contribution in [0.2, 0.25) is 0 Å². The molecule has 1 fully saturated rings. The van der Waals surface area contributed by atoms with Crippen molar-refractivity contribution in [3.8, 4) is 0 Å². The first kappa shape index (κ1) is 8.47. The van der Waals surface area contributed by atoms with Crippen LogP contribution in [0.5, 0.6) is 0 Å². The summed E-state index contributed by atoms with van der Waals surface area (Å²) in [5, 5.41) is 3.18. The Balaban J connectivity index is 2.53. The highest BCUT2D eigenvalue weighted by atomic mass is 16.1. The molecule has 1 heterocycles. The normalized spacial score (nSPS) is 25.6. The van der Waals surface area contributed by atoms with Gasteiger partial charge in [-0.15, -0.1) is 0 Å². The highest BCUT2D eigenvalue weighted by Gasteiger charge is 2.21. The number of ketones is 1. The van der Waals surface area contributed by atoms with Gasteiger partial charge in [-0.05, 0) is 38.8 Å². The van der Waals surface area contributed by atoms with Crippen LogP contribution >= 0.6 is 0 Å². The third kappa shape index (κ3) is 1.90. The lowest BCUT2D eigenvalue weighted by Gasteiger charge is -2.07. The van der Waals surface area contributed by atoms with E-state index in [4.69, 9.17) is 0 Å². The lowest BCUT2D eigenvalue weighted by atomic mass is 10.0. The van der Waals surface area contributed by atoms with Gasteiger partial charge in [0.15, 0.2) is 5.78 Å². The second-order valence-electron chi connectivity index (χ2n) is 2.98. The molecule has 2 heteroatoms. The van der Waals surface area contributed by atoms with Crippen LogP contribution in [0, 0.1) is 0 Å². The monoisotopic (exact) mass is 153 g/mol. The molecule has 0 aromatic heterocycles. The topological polar surface area (TPSA) is 29.1 Å². The van der Waals surface area contributed by atoms with E-state index in [1.165, 1.54) is 0 Å². The molecule has 0 aromatic rings. The minimum Gasteiger partial charge on any atom is -0.307 e. The number of nitrogens with one attached hydrogen (secondary N) is 1. The summed E-state index contributed by atoms with van der Waals surface area (Å²) >= 11 is 0. The molecule has 1 atom stereocenters. The average molecular weight is 153 g/mol. The first-order valence-electron chi connectivity index (χ1n) is 4.16. The van der Waals surface area contributed by atoms with Crippen molar-refractivity contribution in [2.45, 2.75) is 32.7 Å². The van der Waals surface area contributed by atoms with Crippen LogP contribution in [0.25, 0.3) is 0 Å². The Kier molecular flexibility index (Phi) is 2.83. The third-order valence-corrected chi connectivity index (χ3v) is 2.20. The molecule has 0 amide bonds. The van der Waals surface area contributed by atoms with E-state index in [1.807, 2.05) is 19.9 Å². The Labute approximate surface area is 67.7 Å². The van der Waals surface area contributed by atoms with Gasteiger partial charge in [-0.25, -0.2) is 0 Å². The smallest absolute Gasteiger partial charge is 0.175 e. The van der Waals surface area contributed by atoms with E-state index in [9.17, 15) is 4.79 Å². The molecule has 0 aliphatic carbocycles. The number of rotatable bonds is 2. The zero-order chi connectivity index (χ0) is 8.27. The fourth-order valence-electron chi connectivity index (χ4n) is 1.33. The van der Waals surface area contributed by atoms with Gasteiger partial charge in [0, 0.05) is 0 Å². The van der Waals surface area contributed by atoms with Crippen molar-refractivity contribution in [1.29, 1.82) is 0 Å². The molecule has 0 spiro atoms. The molecule has 1 aliphatic rings. The number of carbonyl (C=O) groups excluding carboxylic acids is 1. The van der Waals surface area contributed by atoms with E-state index in [0.717, 1.165) is 25.0 Å². The lowest BCUT2D eigenvalue weighted by Crippen LogP contribution is -2.31. The van der Waals surface area contributed by atoms with Crippen molar-refractivity contribution >= 4 is 5.78 Å². The van der Waals surface area contributed by atoms with Crippen molar-refractivity contribution in [1.82, 2.24) is 5.32 Å². The van der Waals surface area contributed by atoms with Gasteiger partial charge in [-0.2, -0.15) is 0 Å². The summed E-state index contributed by atoms with van der Waals surface area (Å²) in [6.45, 7) is 4.78. The molecule has 2 nitrogen and oxygen atoms in total. The molecule has 0 saturated carbocycles. The van der Waals surface area contributed by atoms with Crippen LogP contribution in [0.3, 0.4) is 0 Å². The van der Waals surface area contributed by atoms with E-state index >= 15 is 0 Å². The van der Waals surface area contributed by atoms with Crippen LogP contribution in [-0.2, 0) is 4.79 Å². The second kappa shape index (κ2) is 3.67. The molecular formula is C9H15NO. The summed E-state index contributed by atoms with van der Waals surface area (Å²) in [6.07, 6.45) is 4.01. The van der Waals surface area contributed by atoms with E-state index in [-0.39, 0.29) is 11.8 Å². The van der Waals surface area contributed by atoms with Crippen molar-refractivity contribution in [2.24, 2.45) is 0 Å². The number of Topliss-reactive ketones (excluding diaryl/α,β-unsaturated/α-hetero) is 1.